The van der Waals surface area contributed by atoms with Crippen molar-refractivity contribution >= 4 is 13.5 Å². The van der Waals surface area contributed by atoms with Crippen LogP contribution in [0.15, 0.2) is 0 Å². The summed E-state index contributed by atoms with van der Waals surface area (Å²) in [5.41, 5.74) is 5.45. The molecule has 1 amide bonds. The number of nitrogens with two attached hydrogens (primary N) is 1. The van der Waals surface area contributed by atoms with E-state index >= 15 is 0 Å². The highest BCUT2D eigenvalue weighted by atomic mass is 31.2. The van der Waals surface area contributed by atoms with E-state index in [0.29, 0.717) is 6.42 Å². The van der Waals surface area contributed by atoms with Crippen LogP contribution < -0.4 is 11.1 Å². The Morgan fingerprint density at radius 1 is 1.57 bits per heavy atom. The highest BCUT2D eigenvalue weighted by Gasteiger charge is 2.26. The maximum atomic E-state index is 11.2. The molecule has 2 atom stereocenters. The van der Waals surface area contributed by atoms with E-state index in [1.165, 1.54) is 6.92 Å². The summed E-state index contributed by atoms with van der Waals surface area (Å²) in [5, 5.41) is 2.18. The molecule has 0 heterocycles. The van der Waals surface area contributed by atoms with Crippen LogP contribution in [0.5, 0.6) is 0 Å². The minimum atomic E-state index is -4.26. The summed E-state index contributed by atoms with van der Waals surface area (Å²) in [4.78, 5) is 28.6. The van der Waals surface area contributed by atoms with Gasteiger partial charge in [-0.1, -0.05) is 13.3 Å². The van der Waals surface area contributed by atoms with Crippen LogP contribution in [-0.4, -0.2) is 27.5 Å². The molecule has 6 nitrogen and oxygen atoms in total. The Balaban J connectivity index is 4.13. The molecule has 0 bridgehead atoms. The van der Waals surface area contributed by atoms with Gasteiger partial charge in [0, 0.05) is 0 Å². The lowest BCUT2D eigenvalue weighted by atomic mass is 10.2. The normalized spacial score (nSPS) is 16.1. The molecular weight excluding hydrogens is 207 g/mol. The molecule has 0 radical (unpaired) electrons. The van der Waals surface area contributed by atoms with Gasteiger partial charge in [-0.25, -0.2) is 0 Å². The van der Waals surface area contributed by atoms with Gasteiger partial charge in [0.15, 0.2) is 0 Å². The number of hydrogen-bond acceptors (Lipinski definition) is 3. The zero-order valence-corrected chi connectivity index (χ0v) is 9.20. The molecule has 0 unspecified atom stereocenters. The van der Waals surface area contributed by atoms with E-state index in [1.807, 2.05) is 6.92 Å². The molecule has 0 saturated carbocycles. The van der Waals surface area contributed by atoms with Crippen LogP contribution in [-0.2, 0) is 9.36 Å². The zero-order valence-electron chi connectivity index (χ0n) is 8.30. The third-order valence-corrected chi connectivity index (χ3v) is 2.93. The number of carbonyl (C=O) groups is 1. The highest BCUT2D eigenvalue weighted by Crippen LogP contribution is 2.39. The van der Waals surface area contributed by atoms with Crippen molar-refractivity contribution in [3.05, 3.63) is 0 Å². The Labute approximate surface area is 83.0 Å². The highest BCUT2D eigenvalue weighted by molar-refractivity contribution is 7.52. The van der Waals surface area contributed by atoms with Gasteiger partial charge in [-0.3, -0.25) is 9.36 Å². The summed E-state index contributed by atoms with van der Waals surface area (Å²) in [6, 6.07) is -0.700. The van der Waals surface area contributed by atoms with Crippen LogP contribution in [0.3, 0.4) is 0 Å². The summed E-state index contributed by atoms with van der Waals surface area (Å²) in [6.07, 6.45) is 1.25. The summed E-state index contributed by atoms with van der Waals surface area (Å²) >= 11 is 0. The second-order valence-corrected chi connectivity index (χ2v) is 5.12. The molecule has 0 aromatic heterocycles. The first-order valence-corrected chi connectivity index (χ1v) is 6.08. The van der Waals surface area contributed by atoms with Gasteiger partial charge in [0.05, 0.1) is 6.04 Å². The van der Waals surface area contributed by atoms with Crippen molar-refractivity contribution in [3.63, 3.8) is 0 Å². The molecule has 0 saturated heterocycles. The summed E-state index contributed by atoms with van der Waals surface area (Å²) in [5.74, 6) is -1.71. The van der Waals surface area contributed by atoms with Crippen LogP contribution in [0.1, 0.15) is 26.7 Å². The Bertz CT molecular complexity index is 240. The Morgan fingerprint density at radius 2 is 2.07 bits per heavy atom. The number of nitrogens with one attached hydrogen (secondary N) is 1. The van der Waals surface area contributed by atoms with E-state index in [-0.39, 0.29) is 0 Å². The molecule has 14 heavy (non-hydrogen) atoms. The average molecular weight is 224 g/mol. The van der Waals surface area contributed by atoms with Crippen LogP contribution >= 0.6 is 7.60 Å². The largest absolute Gasteiger partial charge is 0.347 e. The first-order valence-electron chi connectivity index (χ1n) is 4.40. The van der Waals surface area contributed by atoms with Crippen LogP contribution in [0.2, 0.25) is 0 Å². The SMILES string of the molecule is CCC[C@H](N)C(=O)N[C@@H](C)P(=O)(O)O. The van der Waals surface area contributed by atoms with E-state index in [0.717, 1.165) is 6.42 Å². The molecule has 0 spiro atoms. The predicted octanol–water partition coefficient (Wildman–Crippen LogP) is -0.246. The van der Waals surface area contributed by atoms with Gasteiger partial charge in [-0.15, -0.1) is 0 Å². The van der Waals surface area contributed by atoms with Gasteiger partial charge < -0.3 is 20.8 Å². The summed E-state index contributed by atoms with van der Waals surface area (Å²) in [7, 11) is -4.26. The van der Waals surface area contributed by atoms with Crippen molar-refractivity contribution in [2.45, 2.75) is 38.5 Å². The van der Waals surface area contributed by atoms with E-state index < -0.39 is 25.3 Å². The van der Waals surface area contributed by atoms with Crippen molar-refractivity contribution in [3.8, 4) is 0 Å². The van der Waals surface area contributed by atoms with E-state index in [1.54, 1.807) is 0 Å². The fourth-order valence-electron chi connectivity index (χ4n) is 0.839. The van der Waals surface area contributed by atoms with E-state index in [2.05, 4.69) is 5.32 Å². The minimum Gasteiger partial charge on any atom is -0.341 e. The van der Waals surface area contributed by atoms with E-state index in [4.69, 9.17) is 15.5 Å². The Kier molecular flexibility index (Phi) is 5.29. The first kappa shape index (κ1) is 13.6. The molecule has 5 N–H and O–H groups in total. The van der Waals surface area contributed by atoms with Gasteiger partial charge in [-0.2, -0.15) is 0 Å². The lowest BCUT2D eigenvalue weighted by molar-refractivity contribution is -0.122. The van der Waals surface area contributed by atoms with Crippen molar-refractivity contribution in [2.75, 3.05) is 0 Å². The molecule has 7 heteroatoms. The summed E-state index contributed by atoms with van der Waals surface area (Å²) < 4.78 is 10.7. The molecular formula is C7H17N2O4P. The van der Waals surface area contributed by atoms with Crippen molar-refractivity contribution in [1.82, 2.24) is 5.32 Å². The van der Waals surface area contributed by atoms with Crippen molar-refractivity contribution < 1.29 is 19.1 Å². The molecule has 0 fully saturated rings. The van der Waals surface area contributed by atoms with Gasteiger partial charge in [0.2, 0.25) is 5.91 Å². The van der Waals surface area contributed by atoms with Gasteiger partial charge in [0.1, 0.15) is 5.78 Å². The third kappa shape index (κ3) is 4.72. The fourth-order valence-corrected chi connectivity index (χ4v) is 1.13. The quantitative estimate of drug-likeness (QED) is 0.481. The Morgan fingerprint density at radius 3 is 2.43 bits per heavy atom. The minimum absolute atomic E-state index is 0.500. The molecule has 0 rings (SSSR count). The Hall–Kier alpha value is -0.420. The molecule has 84 valence electrons. The number of carbonyl (C=O) groups excluding carboxylic acids is 1. The van der Waals surface area contributed by atoms with Gasteiger partial charge in [0.25, 0.3) is 0 Å². The first-order chi connectivity index (χ1) is 6.29. The predicted molar refractivity (Wildman–Crippen MR) is 52.5 cm³/mol. The molecule has 0 aromatic rings. The van der Waals surface area contributed by atoms with Crippen LogP contribution in [0.25, 0.3) is 0 Å². The fraction of sp³-hybridized carbons (Fsp3) is 0.857. The molecule has 0 aromatic carbocycles. The molecule has 0 aliphatic carbocycles. The summed E-state index contributed by atoms with van der Waals surface area (Å²) in [6.45, 7) is 3.12. The zero-order chi connectivity index (χ0) is 11.4. The van der Waals surface area contributed by atoms with Crippen LogP contribution in [0.4, 0.5) is 0 Å². The molecule has 0 aliphatic heterocycles. The second kappa shape index (κ2) is 5.46. The number of amides is 1. The lowest BCUT2D eigenvalue weighted by Crippen LogP contribution is -2.44. The van der Waals surface area contributed by atoms with E-state index in [9.17, 15) is 9.36 Å². The topological polar surface area (TPSA) is 113 Å². The van der Waals surface area contributed by atoms with Gasteiger partial charge in [-0.05, 0) is 13.3 Å². The third-order valence-electron chi connectivity index (χ3n) is 1.79. The standard InChI is InChI=1S/C7H17N2O4P/c1-3-4-6(8)7(10)9-5(2)14(11,12)13/h5-6H,3-4,8H2,1-2H3,(H,9,10)(H2,11,12,13)/t5-,6+/m1/s1. The smallest absolute Gasteiger partial charge is 0.341 e. The maximum absolute atomic E-state index is 11.2. The van der Waals surface area contributed by atoms with Gasteiger partial charge >= 0.3 is 7.60 Å². The maximum Gasteiger partial charge on any atom is 0.347 e. The molecule has 0 aliphatic rings. The van der Waals surface area contributed by atoms with Crippen molar-refractivity contribution in [2.24, 2.45) is 5.73 Å². The lowest BCUT2D eigenvalue weighted by Gasteiger charge is -2.17. The monoisotopic (exact) mass is 224 g/mol. The number of hydrogen-bond donors (Lipinski definition) is 4. The van der Waals surface area contributed by atoms with Crippen LogP contribution in [0, 0.1) is 0 Å². The average Bonchev–Trinajstić information content (AvgIpc) is 2.02. The number of rotatable bonds is 5. The van der Waals surface area contributed by atoms with Crippen molar-refractivity contribution in [1.29, 1.82) is 0 Å². The second-order valence-electron chi connectivity index (χ2n) is 3.17.